The van der Waals surface area contributed by atoms with Crippen molar-refractivity contribution in [3.8, 4) is 0 Å². The predicted molar refractivity (Wildman–Crippen MR) is 67.8 cm³/mol. The van der Waals surface area contributed by atoms with E-state index in [1.807, 2.05) is 19.9 Å². The number of alkyl halides is 1. The van der Waals surface area contributed by atoms with Gasteiger partial charge in [0.15, 0.2) is 0 Å². The van der Waals surface area contributed by atoms with Crippen LogP contribution in [-0.2, 0) is 10.2 Å². The summed E-state index contributed by atoms with van der Waals surface area (Å²) in [4.78, 5) is 11.3. The van der Waals surface area contributed by atoms with E-state index in [1.165, 1.54) is 12.1 Å². The summed E-state index contributed by atoms with van der Waals surface area (Å²) < 4.78 is 13.1. The lowest BCUT2D eigenvalue weighted by molar-refractivity contribution is -0.120. The summed E-state index contributed by atoms with van der Waals surface area (Å²) in [5, 5.41) is 2.80. The molecule has 2 nitrogen and oxygen atoms in total. The Bertz CT molecular complexity index is 393. The van der Waals surface area contributed by atoms with Gasteiger partial charge in [0, 0.05) is 24.3 Å². The van der Waals surface area contributed by atoms with Crippen LogP contribution in [0.25, 0.3) is 0 Å². The van der Waals surface area contributed by atoms with Crippen LogP contribution in [-0.4, -0.2) is 18.3 Å². The standard InChI is InChI=1S/C13H17ClFNO/c1-13(2,9-16-12(17)6-7-14)10-4-3-5-11(15)8-10/h3-5,8H,6-7,9H2,1-2H3,(H,16,17). The van der Waals surface area contributed by atoms with Crippen LogP contribution in [0.5, 0.6) is 0 Å². The molecule has 0 aliphatic carbocycles. The minimum Gasteiger partial charge on any atom is -0.355 e. The van der Waals surface area contributed by atoms with E-state index in [0.29, 0.717) is 18.8 Å². The molecule has 0 unspecified atom stereocenters. The van der Waals surface area contributed by atoms with Crippen LogP contribution < -0.4 is 5.32 Å². The van der Waals surface area contributed by atoms with Gasteiger partial charge in [-0.2, -0.15) is 0 Å². The van der Waals surface area contributed by atoms with Gasteiger partial charge in [-0.15, -0.1) is 11.6 Å². The summed E-state index contributed by atoms with van der Waals surface area (Å²) in [6, 6.07) is 6.43. The first kappa shape index (κ1) is 14.0. The summed E-state index contributed by atoms with van der Waals surface area (Å²) in [6.07, 6.45) is 0.306. The first-order chi connectivity index (χ1) is 7.95. The normalized spacial score (nSPS) is 11.3. The number of rotatable bonds is 5. The fraction of sp³-hybridized carbons (Fsp3) is 0.462. The average molecular weight is 258 g/mol. The molecule has 0 saturated carbocycles. The lowest BCUT2D eigenvalue weighted by Crippen LogP contribution is -2.36. The number of carbonyl (C=O) groups excluding carboxylic acids is 1. The molecule has 0 atom stereocenters. The second-order valence-electron chi connectivity index (χ2n) is 4.61. The summed E-state index contributed by atoms with van der Waals surface area (Å²) in [5.74, 6) is -0.0289. The molecular weight excluding hydrogens is 241 g/mol. The maximum atomic E-state index is 13.1. The Morgan fingerprint density at radius 3 is 2.76 bits per heavy atom. The van der Waals surface area contributed by atoms with Crippen molar-refractivity contribution in [1.82, 2.24) is 5.32 Å². The first-order valence-electron chi connectivity index (χ1n) is 5.54. The van der Waals surface area contributed by atoms with Gasteiger partial charge in [0.1, 0.15) is 5.82 Å². The Morgan fingerprint density at radius 1 is 1.47 bits per heavy atom. The van der Waals surface area contributed by atoms with E-state index in [-0.39, 0.29) is 17.1 Å². The number of halogens is 2. The third-order valence-electron chi connectivity index (χ3n) is 2.66. The zero-order valence-electron chi connectivity index (χ0n) is 10.1. The predicted octanol–water partition coefficient (Wildman–Crippen LogP) is 2.85. The molecule has 0 spiro atoms. The first-order valence-corrected chi connectivity index (χ1v) is 6.08. The van der Waals surface area contributed by atoms with E-state index in [0.717, 1.165) is 5.56 Å². The van der Waals surface area contributed by atoms with Gasteiger partial charge in [0.2, 0.25) is 5.91 Å². The average Bonchev–Trinajstić information content (AvgIpc) is 2.27. The molecule has 0 aromatic heterocycles. The second-order valence-corrected chi connectivity index (χ2v) is 4.99. The van der Waals surface area contributed by atoms with Gasteiger partial charge in [-0.25, -0.2) is 4.39 Å². The highest BCUT2D eigenvalue weighted by atomic mass is 35.5. The maximum absolute atomic E-state index is 13.1. The quantitative estimate of drug-likeness (QED) is 0.808. The van der Waals surface area contributed by atoms with Crippen LogP contribution in [0.2, 0.25) is 0 Å². The molecule has 0 heterocycles. The van der Waals surface area contributed by atoms with E-state index in [1.54, 1.807) is 6.07 Å². The largest absolute Gasteiger partial charge is 0.355 e. The zero-order valence-corrected chi connectivity index (χ0v) is 10.9. The summed E-state index contributed by atoms with van der Waals surface area (Å²) in [7, 11) is 0. The Labute approximate surface area is 106 Å². The van der Waals surface area contributed by atoms with Crippen LogP contribution in [0.3, 0.4) is 0 Å². The van der Waals surface area contributed by atoms with Crippen LogP contribution in [0, 0.1) is 5.82 Å². The lowest BCUT2D eigenvalue weighted by atomic mass is 9.84. The molecular formula is C13H17ClFNO. The smallest absolute Gasteiger partial charge is 0.221 e. The molecule has 1 aromatic rings. The van der Waals surface area contributed by atoms with Crippen LogP contribution in [0.4, 0.5) is 4.39 Å². The highest BCUT2D eigenvalue weighted by molar-refractivity contribution is 6.18. The van der Waals surface area contributed by atoms with Gasteiger partial charge >= 0.3 is 0 Å². The third-order valence-corrected chi connectivity index (χ3v) is 2.84. The number of benzene rings is 1. The molecule has 17 heavy (non-hydrogen) atoms. The fourth-order valence-electron chi connectivity index (χ4n) is 1.51. The van der Waals surface area contributed by atoms with Crippen LogP contribution in [0.1, 0.15) is 25.8 Å². The topological polar surface area (TPSA) is 29.1 Å². The Morgan fingerprint density at radius 2 is 2.18 bits per heavy atom. The highest BCUT2D eigenvalue weighted by Gasteiger charge is 2.21. The number of nitrogens with one attached hydrogen (secondary N) is 1. The minimum absolute atomic E-state index is 0.0792. The molecule has 1 amide bonds. The van der Waals surface area contributed by atoms with E-state index >= 15 is 0 Å². The molecule has 1 aromatic carbocycles. The van der Waals surface area contributed by atoms with Crippen LogP contribution >= 0.6 is 11.6 Å². The molecule has 4 heteroatoms. The van der Waals surface area contributed by atoms with Crippen molar-refractivity contribution in [3.05, 3.63) is 35.6 Å². The van der Waals surface area contributed by atoms with Crippen molar-refractivity contribution in [1.29, 1.82) is 0 Å². The number of amides is 1. The molecule has 1 rings (SSSR count). The van der Waals surface area contributed by atoms with Crippen molar-refractivity contribution in [2.45, 2.75) is 25.7 Å². The molecule has 0 bridgehead atoms. The molecule has 94 valence electrons. The lowest BCUT2D eigenvalue weighted by Gasteiger charge is -2.25. The third kappa shape index (κ3) is 4.35. The van der Waals surface area contributed by atoms with Gasteiger partial charge in [-0.1, -0.05) is 26.0 Å². The molecule has 0 aliphatic rings. The fourth-order valence-corrected chi connectivity index (χ4v) is 1.68. The van der Waals surface area contributed by atoms with Gasteiger partial charge < -0.3 is 5.32 Å². The SMILES string of the molecule is CC(C)(CNC(=O)CCCl)c1cccc(F)c1. The Kier molecular flexibility index (Phi) is 4.94. The van der Waals surface area contributed by atoms with E-state index < -0.39 is 0 Å². The second kappa shape index (κ2) is 6.01. The van der Waals surface area contributed by atoms with Gasteiger partial charge in [0.05, 0.1) is 0 Å². The van der Waals surface area contributed by atoms with Crippen molar-refractivity contribution < 1.29 is 9.18 Å². The Hall–Kier alpha value is -1.09. The molecule has 0 saturated heterocycles. The molecule has 0 aliphatic heterocycles. The monoisotopic (exact) mass is 257 g/mol. The summed E-state index contributed by atoms with van der Waals surface area (Å²) in [6.45, 7) is 4.39. The summed E-state index contributed by atoms with van der Waals surface area (Å²) >= 11 is 5.47. The van der Waals surface area contributed by atoms with Crippen molar-refractivity contribution in [2.75, 3.05) is 12.4 Å². The van der Waals surface area contributed by atoms with Gasteiger partial charge in [-0.05, 0) is 17.7 Å². The van der Waals surface area contributed by atoms with Gasteiger partial charge in [0.25, 0.3) is 0 Å². The number of carbonyl (C=O) groups is 1. The van der Waals surface area contributed by atoms with Crippen molar-refractivity contribution in [2.24, 2.45) is 0 Å². The highest BCUT2D eigenvalue weighted by Crippen LogP contribution is 2.22. The zero-order chi connectivity index (χ0) is 12.9. The molecule has 1 N–H and O–H groups in total. The maximum Gasteiger partial charge on any atom is 0.221 e. The number of hydrogen-bond donors (Lipinski definition) is 1. The van der Waals surface area contributed by atoms with Crippen molar-refractivity contribution in [3.63, 3.8) is 0 Å². The van der Waals surface area contributed by atoms with E-state index in [4.69, 9.17) is 11.6 Å². The van der Waals surface area contributed by atoms with Crippen LogP contribution in [0.15, 0.2) is 24.3 Å². The van der Waals surface area contributed by atoms with Crippen molar-refractivity contribution >= 4 is 17.5 Å². The van der Waals surface area contributed by atoms with E-state index in [9.17, 15) is 9.18 Å². The minimum atomic E-state index is -0.302. The van der Waals surface area contributed by atoms with E-state index in [2.05, 4.69) is 5.32 Å². The summed E-state index contributed by atoms with van der Waals surface area (Å²) in [5.41, 5.74) is 0.563. The Balaban J connectivity index is 2.65. The number of hydrogen-bond acceptors (Lipinski definition) is 1. The van der Waals surface area contributed by atoms with Gasteiger partial charge in [-0.3, -0.25) is 4.79 Å². The molecule has 0 fully saturated rings. The molecule has 0 radical (unpaired) electrons.